The number of nitriles is 1. The molecular formula is C13H15NO2. The van der Waals surface area contributed by atoms with E-state index in [1.54, 1.807) is 24.3 Å². The van der Waals surface area contributed by atoms with Crippen LogP contribution >= 0.6 is 0 Å². The number of ether oxygens (including phenoxy) is 1. The van der Waals surface area contributed by atoms with Gasteiger partial charge in [0.1, 0.15) is 11.9 Å². The zero-order valence-corrected chi connectivity index (χ0v) is 9.10. The Morgan fingerprint density at radius 1 is 1.19 bits per heavy atom. The van der Waals surface area contributed by atoms with Gasteiger partial charge in [-0.15, -0.1) is 0 Å². The fourth-order valence-corrected chi connectivity index (χ4v) is 2.00. The number of hydrogen-bond acceptors (Lipinski definition) is 3. The minimum absolute atomic E-state index is 0.0957. The summed E-state index contributed by atoms with van der Waals surface area (Å²) in [4.78, 5) is 0. The van der Waals surface area contributed by atoms with Crippen molar-refractivity contribution in [3.05, 3.63) is 29.8 Å². The molecule has 0 unspecified atom stereocenters. The van der Waals surface area contributed by atoms with Crippen LogP contribution in [0.4, 0.5) is 0 Å². The predicted octanol–water partition coefficient (Wildman–Crippen LogP) is 2.24. The van der Waals surface area contributed by atoms with Gasteiger partial charge < -0.3 is 9.84 Å². The first-order valence-corrected chi connectivity index (χ1v) is 5.64. The van der Waals surface area contributed by atoms with E-state index in [0.717, 1.165) is 31.4 Å². The van der Waals surface area contributed by atoms with E-state index in [0.29, 0.717) is 5.56 Å². The van der Waals surface area contributed by atoms with Crippen LogP contribution in [-0.2, 0) is 0 Å². The number of benzene rings is 1. The van der Waals surface area contributed by atoms with Crippen molar-refractivity contribution >= 4 is 0 Å². The first-order valence-electron chi connectivity index (χ1n) is 5.64. The second kappa shape index (κ2) is 5.00. The van der Waals surface area contributed by atoms with Crippen molar-refractivity contribution in [2.75, 3.05) is 0 Å². The average Bonchev–Trinajstić information content (AvgIpc) is 2.33. The zero-order valence-electron chi connectivity index (χ0n) is 9.10. The van der Waals surface area contributed by atoms with E-state index in [2.05, 4.69) is 6.07 Å². The van der Waals surface area contributed by atoms with Gasteiger partial charge in [0, 0.05) is 0 Å². The highest BCUT2D eigenvalue weighted by Crippen LogP contribution is 2.23. The third kappa shape index (κ3) is 2.53. The molecule has 0 aliphatic heterocycles. The minimum Gasteiger partial charge on any atom is -0.488 e. The molecule has 16 heavy (non-hydrogen) atoms. The Labute approximate surface area is 95.3 Å². The smallest absolute Gasteiger partial charge is 0.124 e. The molecule has 1 saturated carbocycles. The Morgan fingerprint density at radius 2 is 1.88 bits per heavy atom. The van der Waals surface area contributed by atoms with Crippen molar-refractivity contribution in [3.63, 3.8) is 0 Å². The molecule has 0 amide bonds. The second-order valence-corrected chi connectivity index (χ2v) is 4.14. The molecule has 2 atom stereocenters. The fourth-order valence-electron chi connectivity index (χ4n) is 2.00. The Balaban J connectivity index is 2.00. The molecule has 0 radical (unpaired) electrons. The van der Waals surface area contributed by atoms with Crippen molar-refractivity contribution in [2.24, 2.45) is 0 Å². The molecule has 1 aliphatic carbocycles. The molecule has 0 saturated heterocycles. The molecule has 0 bridgehead atoms. The van der Waals surface area contributed by atoms with Crippen LogP contribution in [0.3, 0.4) is 0 Å². The van der Waals surface area contributed by atoms with E-state index < -0.39 is 0 Å². The van der Waals surface area contributed by atoms with E-state index in [1.165, 1.54) is 0 Å². The molecule has 0 spiro atoms. The summed E-state index contributed by atoms with van der Waals surface area (Å²) in [6, 6.07) is 9.07. The molecule has 1 aliphatic rings. The fraction of sp³-hybridized carbons (Fsp3) is 0.462. The maximum Gasteiger partial charge on any atom is 0.124 e. The van der Waals surface area contributed by atoms with Gasteiger partial charge >= 0.3 is 0 Å². The van der Waals surface area contributed by atoms with Crippen LogP contribution in [0, 0.1) is 11.3 Å². The zero-order chi connectivity index (χ0) is 11.4. The van der Waals surface area contributed by atoms with Crippen molar-refractivity contribution in [1.82, 2.24) is 0 Å². The molecule has 1 aromatic carbocycles. The molecule has 1 N–H and O–H groups in total. The standard InChI is InChI=1S/C13H15NO2/c14-9-10-5-7-11(8-6-10)16-13-4-2-1-3-12(13)15/h5-8,12-13,15H,1-4H2/t12-,13-/m1/s1. The Morgan fingerprint density at radius 3 is 2.50 bits per heavy atom. The summed E-state index contributed by atoms with van der Waals surface area (Å²) in [7, 11) is 0. The summed E-state index contributed by atoms with van der Waals surface area (Å²) in [6.07, 6.45) is 3.46. The van der Waals surface area contributed by atoms with Crippen LogP contribution in [0.2, 0.25) is 0 Å². The molecule has 1 aromatic rings. The summed E-state index contributed by atoms with van der Waals surface area (Å²) in [6.45, 7) is 0. The van der Waals surface area contributed by atoms with Gasteiger partial charge in [0.2, 0.25) is 0 Å². The van der Waals surface area contributed by atoms with Crippen LogP contribution in [-0.4, -0.2) is 17.3 Å². The van der Waals surface area contributed by atoms with Crippen LogP contribution in [0.1, 0.15) is 31.2 Å². The molecule has 84 valence electrons. The van der Waals surface area contributed by atoms with E-state index in [-0.39, 0.29) is 12.2 Å². The summed E-state index contributed by atoms with van der Waals surface area (Å²) in [5, 5.41) is 18.4. The van der Waals surface area contributed by atoms with Crippen LogP contribution in [0.5, 0.6) is 5.75 Å². The molecule has 2 rings (SSSR count). The number of aliphatic hydroxyl groups excluding tert-OH is 1. The van der Waals surface area contributed by atoms with Crippen LogP contribution < -0.4 is 4.74 Å². The largest absolute Gasteiger partial charge is 0.488 e. The number of nitrogens with zero attached hydrogens (tertiary/aromatic N) is 1. The van der Waals surface area contributed by atoms with E-state index >= 15 is 0 Å². The SMILES string of the molecule is N#Cc1ccc(O[C@@H]2CCCC[C@H]2O)cc1. The lowest BCUT2D eigenvalue weighted by molar-refractivity contribution is 0.00687. The first kappa shape index (κ1) is 11.0. The third-order valence-corrected chi connectivity index (χ3v) is 2.94. The summed E-state index contributed by atoms with van der Waals surface area (Å²) < 4.78 is 5.71. The van der Waals surface area contributed by atoms with E-state index in [9.17, 15) is 5.11 Å². The van der Waals surface area contributed by atoms with Crippen molar-refractivity contribution < 1.29 is 9.84 Å². The Kier molecular flexibility index (Phi) is 3.43. The van der Waals surface area contributed by atoms with Crippen molar-refractivity contribution in [2.45, 2.75) is 37.9 Å². The summed E-state index contributed by atoms with van der Waals surface area (Å²) >= 11 is 0. The highest BCUT2D eigenvalue weighted by Gasteiger charge is 2.24. The maximum atomic E-state index is 9.75. The van der Waals surface area contributed by atoms with Gasteiger partial charge in [-0.05, 0) is 43.5 Å². The maximum absolute atomic E-state index is 9.75. The molecule has 3 heteroatoms. The quantitative estimate of drug-likeness (QED) is 0.826. The third-order valence-electron chi connectivity index (χ3n) is 2.94. The highest BCUT2D eigenvalue weighted by atomic mass is 16.5. The lowest BCUT2D eigenvalue weighted by Gasteiger charge is -2.28. The lowest BCUT2D eigenvalue weighted by atomic mass is 9.95. The molecule has 0 heterocycles. The number of rotatable bonds is 2. The summed E-state index contributed by atoms with van der Waals surface area (Å²) in [5.41, 5.74) is 0.622. The Bertz CT molecular complexity index is 380. The van der Waals surface area contributed by atoms with Crippen molar-refractivity contribution in [3.8, 4) is 11.8 Å². The molecular weight excluding hydrogens is 202 g/mol. The molecule has 1 fully saturated rings. The van der Waals surface area contributed by atoms with E-state index in [4.69, 9.17) is 10.00 Å². The van der Waals surface area contributed by atoms with Gasteiger partial charge in [0.05, 0.1) is 17.7 Å². The van der Waals surface area contributed by atoms with Crippen molar-refractivity contribution in [1.29, 1.82) is 5.26 Å². The van der Waals surface area contributed by atoms with Gasteiger partial charge in [0.15, 0.2) is 0 Å². The predicted molar refractivity (Wildman–Crippen MR) is 60.0 cm³/mol. The van der Waals surface area contributed by atoms with Gasteiger partial charge in [-0.3, -0.25) is 0 Å². The van der Waals surface area contributed by atoms with Gasteiger partial charge in [-0.25, -0.2) is 0 Å². The average molecular weight is 217 g/mol. The summed E-state index contributed by atoms with van der Waals surface area (Å²) in [5.74, 6) is 0.727. The topological polar surface area (TPSA) is 53.2 Å². The second-order valence-electron chi connectivity index (χ2n) is 4.14. The lowest BCUT2D eigenvalue weighted by Crippen LogP contribution is -2.34. The normalized spacial score (nSPS) is 24.8. The minimum atomic E-state index is -0.357. The highest BCUT2D eigenvalue weighted by molar-refractivity contribution is 5.34. The molecule has 3 nitrogen and oxygen atoms in total. The monoisotopic (exact) mass is 217 g/mol. The van der Waals surface area contributed by atoms with Gasteiger partial charge in [-0.1, -0.05) is 6.42 Å². The Hall–Kier alpha value is -1.53. The number of hydrogen-bond donors (Lipinski definition) is 1. The van der Waals surface area contributed by atoms with Crippen LogP contribution in [0.25, 0.3) is 0 Å². The van der Waals surface area contributed by atoms with Gasteiger partial charge in [0.25, 0.3) is 0 Å². The molecule has 0 aromatic heterocycles. The van der Waals surface area contributed by atoms with E-state index in [1.807, 2.05) is 0 Å². The van der Waals surface area contributed by atoms with Crippen LogP contribution in [0.15, 0.2) is 24.3 Å². The van der Waals surface area contributed by atoms with Gasteiger partial charge in [-0.2, -0.15) is 5.26 Å². The number of aliphatic hydroxyl groups is 1. The first-order chi connectivity index (χ1) is 7.79.